The number of rotatable bonds is 2. The molecule has 0 atom stereocenters. The summed E-state index contributed by atoms with van der Waals surface area (Å²) in [4.78, 5) is 10.8. The Bertz CT molecular complexity index is 619. The first kappa shape index (κ1) is 12.8. The zero-order chi connectivity index (χ0) is 13.4. The molecular formula is C10H6Cl2FN3O2. The van der Waals surface area contributed by atoms with Gasteiger partial charge in [0.05, 0.1) is 21.4 Å². The van der Waals surface area contributed by atoms with Crippen LogP contribution in [-0.2, 0) is 0 Å². The number of carbonyl (C=O) groups is 1. The van der Waals surface area contributed by atoms with Gasteiger partial charge in [0.1, 0.15) is 0 Å². The Morgan fingerprint density at radius 1 is 1.39 bits per heavy atom. The van der Waals surface area contributed by atoms with Crippen molar-refractivity contribution >= 4 is 29.2 Å². The molecule has 8 heteroatoms. The van der Waals surface area contributed by atoms with Gasteiger partial charge in [0.25, 0.3) is 0 Å². The molecule has 0 fully saturated rings. The van der Waals surface area contributed by atoms with E-state index in [-0.39, 0.29) is 15.7 Å². The van der Waals surface area contributed by atoms with Crippen LogP contribution in [0.4, 0.5) is 4.39 Å². The zero-order valence-electron chi connectivity index (χ0n) is 8.99. The van der Waals surface area contributed by atoms with Crippen molar-refractivity contribution in [3.8, 4) is 5.69 Å². The summed E-state index contributed by atoms with van der Waals surface area (Å²) in [5.74, 6) is -1.93. The summed E-state index contributed by atoms with van der Waals surface area (Å²) in [6, 6.07) is 2.58. The van der Waals surface area contributed by atoms with Crippen LogP contribution >= 0.6 is 23.2 Å². The summed E-state index contributed by atoms with van der Waals surface area (Å²) in [5.41, 5.74) is 0.441. The van der Waals surface area contributed by atoms with Crippen molar-refractivity contribution in [1.82, 2.24) is 15.0 Å². The maximum atomic E-state index is 13.3. The Balaban J connectivity index is 2.59. The third kappa shape index (κ3) is 2.04. The molecule has 1 aromatic carbocycles. The average Bonchev–Trinajstić information content (AvgIpc) is 2.67. The standard InChI is InChI=1S/C10H6Cl2FN3O2/c1-4-9(10(17)18)14-15-16(4)5-2-6(11)8(13)7(12)3-5/h2-3H,1H3,(H,17,18). The summed E-state index contributed by atoms with van der Waals surface area (Å²) in [7, 11) is 0. The van der Waals surface area contributed by atoms with Gasteiger partial charge in [-0.05, 0) is 19.1 Å². The predicted molar refractivity (Wildman–Crippen MR) is 63.0 cm³/mol. The summed E-state index contributed by atoms with van der Waals surface area (Å²) >= 11 is 11.3. The molecule has 0 radical (unpaired) electrons. The number of nitrogens with zero attached hydrogens (tertiary/aromatic N) is 3. The first-order valence-corrected chi connectivity index (χ1v) is 5.48. The molecule has 0 aliphatic carbocycles. The first-order chi connectivity index (χ1) is 8.41. The molecule has 0 unspecified atom stereocenters. The van der Waals surface area contributed by atoms with E-state index in [9.17, 15) is 9.18 Å². The van der Waals surface area contributed by atoms with Gasteiger partial charge in [-0.3, -0.25) is 0 Å². The van der Waals surface area contributed by atoms with Crippen LogP contribution in [0.1, 0.15) is 16.2 Å². The Kier molecular flexibility index (Phi) is 3.23. The maximum absolute atomic E-state index is 13.3. The highest BCUT2D eigenvalue weighted by molar-refractivity contribution is 6.35. The minimum atomic E-state index is -1.20. The van der Waals surface area contributed by atoms with Crippen LogP contribution in [0.5, 0.6) is 0 Å². The van der Waals surface area contributed by atoms with Gasteiger partial charge in [-0.25, -0.2) is 13.9 Å². The maximum Gasteiger partial charge on any atom is 0.358 e. The molecule has 0 saturated carbocycles. The lowest BCUT2D eigenvalue weighted by atomic mass is 10.3. The fraction of sp³-hybridized carbons (Fsp3) is 0.100. The molecule has 18 heavy (non-hydrogen) atoms. The van der Waals surface area contributed by atoms with E-state index in [1.54, 1.807) is 0 Å². The normalized spacial score (nSPS) is 10.7. The highest BCUT2D eigenvalue weighted by atomic mass is 35.5. The Morgan fingerprint density at radius 3 is 2.39 bits per heavy atom. The van der Waals surface area contributed by atoms with Crippen LogP contribution in [0, 0.1) is 12.7 Å². The second-order valence-corrected chi connectivity index (χ2v) is 4.28. The molecule has 2 rings (SSSR count). The minimum Gasteiger partial charge on any atom is -0.476 e. The Labute approximate surface area is 111 Å². The smallest absolute Gasteiger partial charge is 0.358 e. The molecule has 0 amide bonds. The number of hydrogen-bond donors (Lipinski definition) is 1. The lowest BCUT2D eigenvalue weighted by Gasteiger charge is -2.05. The second-order valence-electron chi connectivity index (χ2n) is 3.46. The van der Waals surface area contributed by atoms with Crippen LogP contribution < -0.4 is 0 Å². The number of carboxylic acids is 1. The molecule has 2 aromatic rings. The lowest BCUT2D eigenvalue weighted by Crippen LogP contribution is -2.03. The number of aromatic carboxylic acids is 1. The SMILES string of the molecule is Cc1c(C(=O)O)nnn1-c1cc(Cl)c(F)c(Cl)c1. The number of halogens is 3. The van der Waals surface area contributed by atoms with E-state index in [1.807, 2.05) is 0 Å². The molecule has 94 valence electrons. The molecule has 0 aliphatic rings. The Hall–Kier alpha value is -1.66. The second kappa shape index (κ2) is 4.55. The van der Waals surface area contributed by atoms with Crippen molar-refractivity contribution in [2.75, 3.05) is 0 Å². The lowest BCUT2D eigenvalue weighted by molar-refractivity contribution is 0.0689. The van der Waals surface area contributed by atoms with Crippen LogP contribution in [0.25, 0.3) is 5.69 Å². The van der Waals surface area contributed by atoms with Gasteiger partial charge < -0.3 is 5.11 Å². The van der Waals surface area contributed by atoms with Crippen molar-refractivity contribution in [3.05, 3.63) is 39.4 Å². The van der Waals surface area contributed by atoms with Crippen LogP contribution in [0.15, 0.2) is 12.1 Å². The van der Waals surface area contributed by atoms with Crippen molar-refractivity contribution in [2.45, 2.75) is 6.92 Å². The van der Waals surface area contributed by atoms with E-state index < -0.39 is 11.8 Å². The molecule has 0 aliphatic heterocycles. The first-order valence-electron chi connectivity index (χ1n) is 4.72. The average molecular weight is 290 g/mol. The molecular weight excluding hydrogens is 284 g/mol. The number of benzene rings is 1. The van der Waals surface area contributed by atoms with E-state index in [2.05, 4.69) is 10.3 Å². The van der Waals surface area contributed by atoms with E-state index >= 15 is 0 Å². The fourth-order valence-electron chi connectivity index (χ4n) is 1.44. The van der Waals surface area contributed by atoms with Crippen LogP contribution in [-0.4, -0.2) is 26.1 Å². The summed E-state index contributed by atoms with van der Waals surface area (Å²) in [6.07, 6.45) is 0. The van der Waals surface area contributed by atoms with Crippen molar-refractivity contribution < 1.29 is 14.3 Å². The monoisotopic (exact) mass is 289 g/mol. The predicted octanol–water partition coefficient (Wildman–Crippen LogP) is 2.72. The van der Waals surface area contributed by atoms with E-state index in [1.165, 1.54) is 23.7 Å². The molecule has 1 N–H and O–H groups in total. The zero-order valence-corrected chi connectivity index (χ0v) is 10.5. The third-order valence-corrected chi connectivity index (χ3v) is 2.86. The molecule has 5 nitrogen and oxygen atoms in total. The molecule has 0 spiro atoms. The van der Waals surface area contributed by atoms with Gasteiger partial charge in [0.15, 0.2) is 11.5 Å². The molecule has 1 heterocycles. The van der Waals surface area contributed by atoms with E-state index in [0.717, 1.165) is 0 Å². The van der Waals surface area contributed by atoms with Gasteiger partial charge in [0, 0.05) is 0 Å². The molecule has 1 aromatic heterocycles. The number of hydrogen-bond acceptors (Lipinski definition) is 3. The number of aromatic nitrogens is 3. The topological polar surface area (TPSA) is 68.0 Å². The van der Waals surface area contributed by atoms with E-state index in [0.29, 0.717) is 11.4 Å². The van der Waals surface area contributed by atoms with Crippen LogP contribution in [0.2, 0.25) is 10.0 Å². The van der Waals surface area contributed by atoms with Gasteiger partial charge in [0.2, 0.25) is 0 Å². The third-order valence-electron chi connectivity index (χ3n) is 2.31. The summed E-state index contributed by atoms with van der Waals surface area (Å²) < 4.78 is 14.5. The molecule has 0 saturated heterocycles. The highest BCUT2D eigenvalue weighted by Crippen LogP contribution is 2.27. The largest absolute Gasteiger partial charge is 0.476 e. The van der Waals surface area contributed by atoms with Crippen molar-refractivity contribution in [2.24, 2.45) is 0 Å². The van der Waals surface area contributed by atoms with Crippen molar-refractivity contribution in [1.29, 1.82) is 0 Å². The highest BCUT2D eigenvalue weighted by Gasteiger charge is 2.17. The van der Waals surface area contributed by atoms with Crippen molar-refractivity contribution in [3.63, 3.8) is 0 Å². The Morgan fingerprint density at radius 2 is 1.94 bits per heavy atom. The summed E-state index contributed by atoms with van der Waals surface area (Å²) in [5, 5.41) is 15.7. The van der Waals surface area contributed by atoms with Gasteiger partial charge in [-0.15, -0.1) is 5.10 Å². The fourth-order valence-corrected chi connectivity index (χ4v) is 1.91. The van der Waals surface area contributed by atoms with Crippen LogP contribution in [0.3, 0.4) is 0 Å². The summed E-state index contributed by atoms with van der Waals surface area (Å²) in [6.45, 7) is 1.52. The molecule has 0 bridgehead atoms. The van der Waals surface area contributed by atoms with E-state index in [4.69, 9.17) is 28.3 Å². The van der Waals surface area contributed by atoms with Gasteiger partial charge in [-0.1, -0.05) is 28.4 Å². The van der Waals surface area contributed by atoms with Gasteiger partial charge >= 0.3 is 5.97 Å². The quantitative estimate of drug-likeness (QED) is 0.863. The van der Waals surface area contributed by atoms with Gasteiger partial charge in [-0.2, -0.15) is 0 Å². The minimum absolute atomic E-state index is 0.177. The number of carboxylic acid groups (broad SMARTS) is 1.